The molecule has 0 radical (unpaired) electrons. The molecule has 1 fully saturated rings. The molecule has 110 valence electrons. The van der Waals surface area contributed by atoms with E-state index < -0.39 is 0 Å². The molecule has 2 heterocycles. The van der Waals surface area contributed by atoms with E-state index in [2.05, 4.69) is 34.4 Å². The Balaban J connectivity index is 1.85. The Morgan fingerprint density at radius 2 is 2.25 bits per heavy atom. The lowest BCUT2D eigenvalue weighted by atomic mass is 10.2. The Labute approximate surface area is 120 Å². The molecule has 1 aliphatic heterocycles. The van der Waals surface area contributed by atoms with Gasteiger partial charge in [0, 0.05) is 25.8 Å². The topological polar surface area (TPSA) is 57.3 Å². The fraction of sp³-hybridized carbons (Fsp3) is 0.600. The van der Waals surface area contributed by atoms with Crippen LogP contribution in [0.15, 0.2) is 18.3 Å². The molecule has 5 nitrogen and oxygen atoms in total. The Morgan fingerprint density at radius 1 is 1.45 bits per heavy atom. The number of pyridine rings is 1. The molecule has 0 aromatic carbocycles. The molecule has 2 rings (SSSR count). The molecule has 20 heavy (non-hydrogen) atoms. The van der Waals surface area contributed by atoms with Crippen molar-refractivity contribution < 1.29 is 4.79 Å². The zero-order valence-electron chi connectivity index (χ0n) is 12.4. The molecule has 0 spiro atoms. The molecule has 1 aliphatic rings. The number of rotatable bonds is 6. The minimum Gasteiger partial charge on any atom is -0.357 e. The highest BCUT2D eigenvalue weighted by Gasteiger charge is 2.21. The number of aromatic nitrogens is 1. The van der Waals surface area contributed by atoms with Gasteiger partial charge in [-0.2, -0.15) is 0 Å². The van der Waals surface area contributed by atoms with Gasteiger partial charge in [-0.15, -0.1) is 0 Å². The molecule has 0 saturated carbocycles. The van der Waals surface area contributed by atoms with E-state index in [9.17, 15) is 4.79 Å². The predicted octanol–water partition coefficient (Wildman–Crippen LogP) is 1.30. The molecule has 1 amide bonds. The van der Waals surface area contributed by atoms with Crippen LogP contribution in [0.2, 0.25) is 0 Å². The van der Waals surface area contributed by atoms with Crippen molar-refractivity contribution in [3.8, 4) is 0 Å². The Morgan fingerprint density at radius 3 is 2.80 bits per heavy atom. The maximum Gasteiger partial charge on any atom is 0.237 e. The quantitative estimate of drug-likeness (QED) is 0.822. The van der Waals surface area contributed by atoms with Gasteiger partial charge in [-0.1, -0.05) is 6.07 Å². The summed E-state index contributed by atoms with van der Waals surface area (Å²) in [7, 11) is 0. The van der Waals surface area contributed by atoms with E-state index in [0.717, 1.165) is 43.9 Å². The first-order valence-corrected chi connectivity index (χ1v) is 7.45. The first kappa shape index (κ1) is 14.8. The molecular weight excluding hydrogens is 252 g/mol. The van der Waals surface area contributed by atoms with E-state index >= 15 is 0 Å². The number of carbonyl (C=O) groups is 1. The van der Waals surface area contributed by atoms with Crippen molar-refractivity contribution >= 4 is 11.7 Å². The molecule has 0 aliphatic carbocycles. The number of carbonyl (C=O) groups excluding carboxylic acids is 1. The molecule has 5 heteroatoms. The summed E-state index contributed by atoms with van der Waals surface area (Å²) in [4.78, 5) is 18.5. The van der Waals surface area contributed by atoms with E-state index in [-0.39, 0.29) is 11.9 Å². The summed E-state index contributed by atoms with van der Waals surface area (Å²) in [5, 5.41) is 6.16. The fourth-order valence-electron chi connectivity index (χ4n) is 2.48. The van der Waals surface area contributed by atoms with Gasteiger partial charge < -0.3 is 15.5 Å². The second-order valence-corrected chi connectivity index (χ2v) is 5.06. The van der Waals surface area contributed by atoms with E-state index in [1.165, 1.54) is 0 Å². The number of hydrogen-bond donors (Lipinski definition) is 2. The van der Waals surface area contributed by atoms with Crippen LogP contribution in [0.25, 0.3) is 0 Å². The highest BCUT2D eigenvalue weighted by atomic mass is 16.2. The lowest BCUT2D eigenvalue weighted by molar-refractivity contribution is -0.122. The summed E-state index contributed by atoms with van der Waals surface area (Å²) >= 11 is 0. The largest absolute Gasteiger partial charge is 0.357 e. The predicted molar refractivity (Wildman–Crippen MR) is 80.7 cm³/mol. The molecule has 1 aromatic rings. The first-order chi connectivity index (χ1) is 9.74. The van der Waals surface area contributed by atoms with Crippen molar-refractivity contribution in [2.75, 3.05) is 24.5 Å². The van der Waals surface area contributed by atoms with Crippen LogP contribution in [0.3, 0.4) is 0 Å². The maximum atomic E-state index is 11.9. The Kier molecular flexibility index (Phi) is 5.35. The fourth-order valence-corrected chi connectivity index (χ4v) is 2.48. The summed E-state index contributed by atoms with van der Waals surface area (Å²) in [6, 6.07) is 4.03. The van der Waals surface area contributed by atoms with Gasteiger partial charge in [-0.05, 0) is 44.9 Å². The monoisotopic (exact) mass is 276 g/mol. The van der Waals surface area contributed by atoms with Crippen molar-refractivity contribution in [3.05, 3.63) is 23.9 Å². The number of nitrogens with one attached hydrogen (secondary N) is 2. The van der Waals surface area contributed by atoms with Crippen LogP contribution in [0.4, 0.5) is 5.82 Å². The normalized spacial score (nSPS) is 18.0. The van der Waals surface area contributed by atoms with Gasteiger partial charge in [0.15, 0.2) is 0 Å². The van der Waals surface area contributed by atoms with Crippen LogP contribution in [-0.4, -0.2) is 36.6 Å². The average Bonchev–Trinajstić information content (AvgIpc) is 3.01. The molecule has 2 N–H and O–H groups in total. The van der Waals surface area contributed by atoms with E-state index in [1.54, 1.807) is 0 Å². The van der Waals surface area contributed by atoms with Crippen molar-refractivity contribution in [1.29, 1.82) is 0 Å². The van der Waals surface area contributed by atoms with Gasteiger partial charge in [0.25, 0.3) is 0 Å². The van der Waals surface area contributed by atoms with Gasteiger partial charge in [-0.3, -0.25) is 4.79 Å². The third-order valence-electron chi connectivity index (χ3n) is 3.74. The second kappa shape index (κ2) is 7.24. The number of anilines is 1. The minimum atomic E-state index is -0.0158. The number of amides is 1. The molecule has 1 unspecified atom stereocenters. The summed E-state index contributed by atoms with van der Waals surface area (Å²) < 4.78 is 0. The van der Waals surface area contributed by atoms with Crippen LogP contribution < -0.4 is 15.5 Å². The van der Waals surface area contributed by atoms with E-state index in [4.69, 9.17) is 0 Å². The standard InChI is InChI=1S/C15H24N4O/c1-3-19(4-2)14-8-7-12(10-17-14)11-18-15(20)13-6-5-9-16-13/h7-8,10,13,16H,3-6,9,11H2,1-2H3,(H,18,20). The lowest BCUT2D eigenvalue weighted by Gasteiger charge is -2.19. The van der Waals surface area contributed by atoms with Gasteiger partial charge in [0.05, 0.1) is 6.04 Å². The minimum absolute atomic E-state index is 0.0158. The summed E-state index contributed by atoms with van der Waals surface area (Å²) in [6.07, 6.45) is 3.86. The highest BCUT2D eigenvalue weighted by molar-refractivity contribution is 5.81. The van der Waals surface area contributed by atoms with Gasteiger partial charge in [0.1, 0.15) is 5.82 Å². The van der Waals surface area contributed by atoms with Crippen LogP contribution in [-0.2, 0) is 11.3 Å². The zero-order chi connectivity index (χ0) is 14.4. The average molecular weight is 276 g/mol. The van der Waals surface area contributed by atoms with Crippen LogP contribution in [0, 0.1) is 0 Å². The van der Waals surface area contributed by atoms with Gasteiger partial charge in [-0.25, -0.2) is 4.98 Å². The molecular formula is C15H24N4O. The van der Waals surface area contributed by atoms with Crippen molar-refractivity contribution in [1.82, 2.24) is 15.6 Å². The molecule has 1 saturated heterocycles. The molecule has 1 aromatic heterocycles. The third kappa shape index (κ3) is 3.70. The highest BCUT2D eigenvalue weighted by Crippen LogP contribution is 2.11. The summed E-state index contributed by atoms with van der Waals surface area (Å²) in [6.45, 7) is 7.63. The maximum absolute atomic E-state index is 11.9. The van der Waals surface area contributed by atoms with Crippen LogP contribution >= 0.6 is 0 Å². The second-order valence-electron chi connectivity index (χ2n) is 5.06. The summed E-state index contributed by atoms with van der Waals surface area (Å²) in [5.74, 6) is 1.08. The third-order valence-corrected chi connectivity index (χ3v) is 3.74. The summed E-state index contributed by atoms with van der Waals surface area (Å²) in [5.41, 5.74) is 1.03. The Bertz CT molecular complexity index is 422. The van der Waals surface area contributed by atoms with Crippen molar-refractivity contribution in [3.63, 3.8) is 0 Å². The number of hydrogen-bond acceptors (Lipinski definition) is 4. The first-order valence-electron chi connectivity index (χ1n) is 7.45. The number of nitrogens with zero attached hydrogens (tertiary/aromatic N) is 2. The van der Waals surface area contributed by atoms with Crippen LogP contribution in [0.5, 0.6) is 0 Å². The zero-order valence-corrected chi connectivity index (χ0v) is 12.4. The smallest absolute Gasteiger partial charge is 0.237 e. The van der Waals surface area contributed by atoms with E-state index in [0.29, 0.717) is 6.54 Å². The SMILES string of the molecule is CCN(CC)c1ccc(CNC(=O)C2CCCN2)cn1. The van der Waals surface area contributed by atoms with Gasteiger partial charge in [0.2, 0.25) is 5.91 Å². The lowest BCUT2D eigenvalue weighted by Crippen LogP contribution is -2.40. The molecule has 1 atom stereocenters. The molecule has 0 bridgehead atoms. The van der Waals surface area contributed by atoms with Gasteiger partial charge >= 0.3 is 0 Å². The van der Waals surface area contributed by atoms with Crippen molar-refractivity contribution in [2.45, 2.75) is 39.3 Å². The van der Waals surface area contributed by atoms with Crippen LogP contribution in [0.1, 0.15) is 32.3 Å². The Hall–Kier alpha value is -1.62. The van der Waals surface area contributed by atoms with E-state index in [1.807, 2.05) is 18.3 Å². The van der Waals surface area contributed by atoms with Crippen molar-refractivity contribution in [2.24, 2.45) is 0 Å².